The van der Waals surface area contributed by atoms with Crippen LogP contribution < -0.4 is 5.32 Å². The number of thiazole rings is 1. The summed E-state index contributed by atoms with van der Waals surface area (Å²) in [4.78, 5) is 18.6. The highest BCUT2D eigenvalue weighted by Crippen LogP contribution is 2.32. The summed E-state index contributed by atoms with van der Waals surface area (Å²) in [5.74, 6) is -0.454. The lowest BCUT2D eigenvalue weighted by molar-refractivity contribution is -0.120. The van der Waals surface area contributed by atoms with Crippen LogP contribution >= 0.6 is 22.9 Å². The molecule has 3 heterocycles. The average molecular weight is 495 g/mol. The molecule has 3 aromatic rings. The molecule has 4 rings (SSSR count). The molecule has 170 valence electrons. The van der Waals surface area contributed by atoms with Gasteiger partial charge in [-0.15, -0.1) is 11.3 Å². The van der Waals surface area contributed by atoms with Gasteiger partial charge >= 0.3 is 0 Å². The van der Waals surface area contributed by atoms with Gasteiger partial charge in [-0.1, -0.05) is 28.9 Å². The molecule has 1 fully saturated rings. The summed E-state index contributed by atoms with van der Waals surface area (Å²) in [5.41, 5.74) is 2.02. The third-order valence-electron chi connectivity index (χ3n) is 5.47. The van der Waals surface area contributed by atoms with E-state index in [1.807, 2.05) is 19.1 Å². The Kier molecular flexibility index (Phi) is 6.39. The molecule has 0 bridgehead atoms. The third kappa shape index (κ3) is 4.45. The van der Waals surface area contributed by atoms with Crippen LogP contribution in [0.2, 0.25) is 5.02 Å². The summed E-state index contributed by atoms with van der Waals surface area (Å²) < 4.78 is 32.6. The van der Waals surface area contributed by atoms with Crippen LogP contribution in [-0.4, -0.2) is 41.9 Å². The van der Waals surface area contributed by atoms with E-state index in [0.717, 1.165) is 16.1 Å². The largest absolute Gasteiger partial charge is 0.360 e. The lowest BCUT2D eigenvalue weighted by Crippen LogP contribution is -2.43. The molecule has 8 nitrogen and oxygen atoms in total. The molecule has 1 aliphatic heterocycles. The van der Waals surface area contributed by atoms with Crippen molar-refractivity contribution in [3.8, 4) is 11.3 Å². The number of nitrogens with zero attached hydrogens (tertiary/aromatic N) is 3. The number of sulfonamides is 1. The van der Waals surface area contributed by atoms with Gasteiger partial charge in [0.2, 0.25) is 15.9 Å². The topological polar surface area (TPSA) is 105 Å². The Morgan fingerprint density at radius 2 is 1.97 bits per heavy atom. The molecule has 32 heavy (non-hydrogen) atoms. The third-order valence-corrected chi connectivity index (χ3v) is 8.71. The van der Waals surface area contributed by atoms with Crippen LogP contribution in [0.5, 0.6) is 0 Å². The minimum absolute atomic E-state index is 0.0849. The number of carbonyl (C=O) groups is 1. The minimum Gasteiger partial charge on any atom is -0.360 e. The van der Waals surface area contributed by atoms with Gasteiger partial charge in [0.15, 0.2) is 10.9 Å². The smallest absolute Gasteiger partial charge is 0.248 e. The predicted octanol–water partition coefficient (Wildman–Crippen LogP) is 4.42. The van der Waals surface area contributed by atoms with Crippen LogP contribution in [0.3, 0.4) is 0 Å². The van der Waals surface area contributed by atoms with Crippen molar-refractivity contribution in [2.75, 3.05) is 18.4 Å². The van der Waals surface area contributed by atoms with E-state index in [1.165, 1.54) is 15.6 Å². The molecule has 1 unspecified atom stereocenters. The van der Waals surface area contributed by atoms with Crippen molar-refractivity contribution in [3.63, 3.8) is 0 Å². The molecular formula is C21H23ClN4O4S2. The molecule has 1 N–H and O–H groups in total. The van der Waals surface area contributed by atoms with Gasteiger partial charge in [0.05, 0.1) is 11.6 Å². The Hall–Kier alpha value is -2.27. The first-order chi connectivity index (χ1) is 15.2. The second kappa shape index (κ2) is 8.93. The Morgan fingerprint density at radius 1 is 1.25 bits per heavy atom. The maximum atomic E-state index is 13.1. The van der Waals surface area contributed by atoms with Crippen molar-refractivity contribution in [3.05, 3.63) is 45.6 Å². The van der Waals surface area contributed by atoms with Crippen LogP contribution in [0.1, 0.15) is 29.2 Å². The molecular weight excluding hydrogens is 472 g/mol. The number of carbonyl (C=O) groups excluding carboxylic acids is 1. The fourth-order valence-corrected chi connectivity index (χ4v) is 6.66. The highest BCUT2D eigenvalue weighted by molar-refractivity contribution is 7.89. The van der Waals surface area contributed by atoms with E-state index >= 15 is 0 Å². The normalized spacial score (nSPS) is 17.4. The molecule has 1 atom stereocenters. The maximum Gasteiger partial charge on any atom is 0.248 e. The van der Waals surface area contributed by atoms with Crippen molar-refractivity contribution < 1.29 is 17.7 Å². The standard InChI is InChI=1S/C21H23ClN4O4S2/c1-12-19(13(2)30-25-12)32(28,29)26-10-4-5-16(11-26)20(27)24-21-23-18(14(3)31-21)15-6-8-17(22)9-7-15/h6-9,16H,4-5,10-11H2,1-3H3,(H,23,24,27). The van der Waals surface area contributed by atoms with Crippen molar-refractivity contribution in [2.45, 2.75) is 38.5 Å². The average Bonchev–Trinajstić information content (AvgIpc) is 3.30. The minimum atomic E-state index is -3.79. The molecule has 1 aliphatic rings. The quantitative estimate of drug-likeness (QED) is 0.563. The number of aromatic nitrogens is 2. The summed E-state index contributed by atoms with van der Waals surface area (Å²) in [7, 11) is -3.79. The van der Waals surface area contributed by atoms with Crippen molar-refractivity contribution in [1.29, 1.82) is 0 Å². The molecule has 0 radical (unpaired) electrons. The van der Waals surface area contributed by atoms with E-state index in [2.05, 4.69) is 15.5 Å². The van der Waals surface area contributed by atoms with Gasteiger partial charge in [-0.3, -0.25) is 4.79 Å². The highest BCUT2D eigenvalue weighted by Gasteiger charge is 2.36. The summed E-state index contributed by atoms with van der Waals surface area (Å²) in [6, 6.07) is 7.36. The zero-order chi connectivity index (χ0) is 23.0. The van der Waals surface area contributed by atoms with E-state index < -0.39 is 15.9 Å². The van der Waals surface area contributed by atoms with Crippen LogP contribution in [0.4, 0.5) is 5.13 Å². The highest BCUT2D eigenvalue weighted by atomic mass is 35.5. The maximum absolute atomic E-state index is 13.1. The van der Waals surface area contributed by atoms with Crippen molar-refractivity contribution in [2.24, 2.45) is 5.92 Å². The molecule has 0 saturated carbocycles. The van der Waals surface area contributed by atoms with E-state index in [-0.39, 0.29) is 23.1 Å². The van der Waals surface area contributed by atoms with Gasteiger partial charge in [-0.2, -0.15) is 4.31 Å². The number of aryl methyl sites for hydroxylation is 3. The van der Waals surface area contributed by atoms with Crippen LogP contribution in [0, 0.1) is 26.7 Å². The van der Waals surface area contributed by atoms with Crippen molar-refractivity contribution in [1.82, 2.24) is 14.4 Å². The molecule has 1 saturated heterocycles. The number of rotatable bonds is 5. The van der Waals surface area contributed by atoms with Gasteiger partial charge in [0.1, 0.15) is 10.6 Å². The second-order valence-corrected chi connectivity index (χ2v) is 11.3. The Bertz CT molecular complexity index is 1230. The molecule has 0 spiro atoms. The van der Waals surface area contributed by atoms with Crippen molar-refractivity contribution >= 4 is 44.0 Å². The fraction of sp³-hybridized carbons (Fsp3) is 0.381. The van der Waals surface area contributed by atoms with E-state index in [9.17, 15) is 13.2 Å². The number of nitrogens with one attached hydrogen (secondary N) is 1. The number of hydrogen-bond acceptors (Lipinski definition) is 7. The zero-order valence-corrected chi connectivity index (χ0v) is 20.3. The first-order valence-corrected chi connectivity index (χ1v) is 12.8. The molecule has 1 aromatic carbocycles. The number of hydrogen-bond donors (Lipinski definition) is 1. The van der Waals surface area contributed by atoms with Crippen LogP contribution in [0.15, 0.2) is 33.7 Å². The monoisotopic (exact) mass is 494 g/mol. The first-order valence-electron chi connectivity index (χ1n) is 10.1. The Morgan fingerprint density at radius 3 is 2.62 bits per heavy atom. The molecule has 1 amide bonds. The van der Waals surface area contributed by atoms with E-state index in [4.69, 9.17) is 16.1 Å². The number of piperidine rings is 1. The van der Waals surface area contributed by atoms with Crippen LogP contribution in [-0.2, 0) is 14.8 Å². The SMILES string of the molecule is Cc1noc(C)c1S(=O)(=O)N1CCCC(C(=O)Nc2nc(-c3ccc(Cl)cc3)c(C)s2)C1. The first kappa shape index (κ1) is 22.9. The van der Waals surface area contributed by atoms with Gasteiger partial charge in [0.25, 0.3) is 0 Å². The Balaban J connectivity index is 1.49. The second-order valence-electron chi connectivity index (χ2n) is 7.78. The number of amides is 1. The Labute approximate surface area is 195 Å². The number of halogens is 1. The van der Waals surface area contributed by atoms with Gasteiger partial charge in [-0.05, 0) is 45.7 Å². The summed E-state index contributed by atoms with van der Waals surface area (Å²) in [6.07, 6.45) is 1.20. The van der Waals surface area contributed by atoms with Gasteiger partial charge < -0.3 is 9.84 Å². The summed E-state index contributed by atoms with van der Waals surface area (Å²) in [5, 5.41) is 7.76. The number of benzene rings is 1. The number of anilines is 1. The lowest BCUT2D eigenvalue weighted by Gasteiger charge is -2.30. The van der Waals surface area contributed by atoms with Crippen LogP contribution in [0.25, 0.3) is 11.3 Å². The van der Waals surface area contributed by atoms with Gasteiger partial charge in [-0.25, -0.2) is 13.4 Å². The van der Waals surface area contributed by atoms with E-state index in [0.29, 0.717) is 35.2 Å². The summed E-state index contributed by atoms with van der Waals surface area (Å²) in [6.45, 7) is 5.57. The predicted molar refractivity (Wildman–Crippen MR) is 123 cm³/mol. The fourth-order valence-electron chi connectivity index (χ4n) is 3.88. The molecule has 2 aromatic heterocycles. The zero-order valence-electron chi connectivity index (χ0n) is 17.9. The van der Waals surface area contributed by atoms with E-state index in [1.54, 1.807) is 26.0 Å². The lowest BCUT2D eigenvalue weighted by atomic mass is 9.99. The van der Waals surface area contributed by atoms with Gasteiger partial charge in [0, 0.05) is 28.6 Å². The molecule has 0 aliphatic carbocycles. The summed E-state index contributed by atoms with van der Waals surface area (Å²) >= 11 is 7.35. The molecule has 11 heteroatoms.